The normalized spacial score (nSPS) is 9.77. The number of hydrogen-bond donors (Lipinski definition) is 1. The predicted octanol–water partition coefficient (Wildman–Crippen LogP) is 2.52. The summed E-state index contributed by atoms with van der Waals surface area (Å²) in [6.45, 7) is 1.37. The van der Waals surface area contributed by atoms with Gasteiger partial charge in [-0.2, -0.15) is 0 Å². The fourth-order valence-corrected chi connectivity index (χ4v) is 1.16. The first-order chi connectivity index (χ1) is 6.11. The average molecular weight is 202 g/mol. The van der Waals surface area contributed by atoms with Crippen LogP contribution in [-0.4, -0.2) is 5.91 Å². The van der Waals surface area contributed by atoms with Gasteiger partial charge in [0.05, 0.1) is 0 Å². The SMILES string of the molecule is CC(=O)Nc1cc(F)cc(CCl)c1. The van der Waals surface area contributed by atoms with Gasteiger partial charge in [0.25, 0.3) is 0 Å². The quantitative estimate of drug-likeness (QED) is 0.732. The lowest BCUT2D eigenvalue weighted by atomic mass is 10.2. The van der Waals surface area contributed by atoms with E-state index in [-0.39, 0.29) is 11.8 Å². The van der Waals surface area contributed by atoms with Crippen molar-refractivity contribution in [2.75, 3.05) is 5.32 Å². The van der Waals surface area contributed by atoms with Crippen LogP contribution in [-0.2, 0) is 10.7 Å². The van der Waals surface area contributed by atoms with E-state index in [0.29, 0.717) is 11.3 Å². The first-order valence-corrected chi connectivity index (χ1v) is 4.28. The van der Waals surface area contributed by atoms with E-state index in [0.717, 1.165) is 0 Å². The predicted molar refractivity (Wildman–Crippen MR) is 50.3 cm³/mol. The number of rotatable bonds is 2. The highest BCUT2D eigenvalue weighted by atomic mass is 35.5. The van der Waals surface area contributed by atoms with E-state index in [2.05, 4.69) is 5.32 Å². The number of benzene rings is 1. The summed E-state index contributed by atoms with van der Waals surface area (Å²) in [5.74, 6) is -0.405. The molecule has 0 aromatic heterocycles. The molecule has 0 spiro atoms. The Morgan fingerprint density at radius 1 is 1.54 bits per heavy atom. The maximum atomic E-state index is 12.9. The molecule has 0 atom stereocenters. The molecule has 13 heavy (non-hydrogen) atoms. The van der Waals surface area contributed by atoms with Gasteiger partial charge in [0.2, 0.25) is 5.91 Å². The highest BCUT2D eigenvalue weighted by Crippen LogP contribution is 2.15. The minimum Gasteiger partial charge on any atom is -0.326 e. The number of carbonyl (C=O) groups is 1. The number of nitrogens with one attached hydrogen (secondary N) is 1. The van der Waals surface area contributed by atoms with Crippen LogP contribution in [0.4, 0.5) is 10.1 Å². The Balaban J connectivity index is 2.94. The Labute approximate surface area is 80.7 Å². The van der Waals surface area contributed by atoms with Crippen LogP contribution >= 0.6 is 11.6 Å². The third-order valence-electron chi connectivity index (χ3n) is 1.43. The van der Waals surface area contributed by atoms with Gasteiger partial charge in [-0.1, -0.05) is 0 Å². The van der Waals surface area contributed by atoms with E-state index in [1.165, 1.54) is 19.1 Å². The standard InChI is InChI=1S/C9H9ClFNO/c1-6(13)12-9-3-7(5-10)2-8(11)4-9/h2-4H,5H2,1H3,(H,12,13). The minimum absolute atomic E-state index is 0.227. The summed E-state index contributed by atoms with van der Waals surface area (Å²) in [4.78, 5) is 10.7. The van der Waals surface area contributed by atoms with Gasteiger partial charge < -0.3 is 5.32 Å². The lowest BCUT2D eigenvalue weighted by Crippen LogP contribution is -2.06. The van der Waals surface area contributed by atoms with Gasteiger partial charge in [0.15, 0.2) is 0 Å². The van der Waals surface area contributed by atoms with Crippen molar-refractivity contribution in [1.29, 1.82) is 0 Å². The second-order valence-corrected chi connectivity index (χ2v) is 2.93. The van der Waals surface area contributed by atoms with E-state index in [1.807, 2.05) is 0 Å². The molecule has 0 unspecified atom stereocenters. The summed E-state index contributed by atoms with van der Waals surface area (Å²) in [6, 6.07) is 4.22. The largest absolute Gasteiger partial charge is 0.326 e. The average Bonchev–Trinajstić information content (AvgIpc) is 2.01. The summed E-state index contributed by atoms with van der Waals surface area (Å²) < 4.78 is 12.9. The second kappa shape index (κ2) is 4.23. The summed E-state index contributed by atoms with van der Waals surface area (Å²) in [5.41, 5.74) is 1.08. The molecule has 2 nitrogen and oxygen atoms in total. The van der Waals surface area contributed by atoms with Gasteiger partial charge in [0.1, 0.15) is 5.82 Å². The highest BCUT2D eigenvalue weighted by Gasteiger charge is 2.00. The number of amides is 1. The first kappa shape index (κ1) is 9.99. The van der Waals surface area contributed by atoms with E-state index >= 15 is 0 Å². The van der Waals surface area contributed by atoms with Crippen LogP contribution in [0.25, 0.3) is 0 Å². The molecule has 1 aromatic rings. The monoisotopic (exact) mass is 201 g/mol. The van der Waals surface area contributed by atoms with Crippen LogP contribution < -0.4 is 5.32 Å². The van der Waals surface area contributed by atoms with Crippen LogP contribution in [0.1, 0.15) is 12.5 Å². The van der Waals surface area contributed by atoms with Crippen LogP contribution in [0, 0.1) is 5.82 Å². The van der Waals surface area contributed by atoms with Crippen molar-refractivity contribution in [3.63, 3.8) is 0 Å². The molecule has 0 radical (unpaired) electrons. The molecule has 0 aliphatic rings. The zero-order chi connectivity index (χ0) is 9.84. The molecule has 1 aromatic carbocycles. The fraction of sp³-hybridized carbons (Fsp3) is 0.222. The van der Waals surface area contributed by atoms with Gasteiger partial charge in [-0.05, 0) is 23.8 Å². The van der Waals surface area contributed by atoms with Crippen molar-refractivity contribution in [3.05, 3.63) is 29.6 Å². The molecular formula is C9H9ClFNO. The smallest absolute Gasteiger partial charge is 0.221 e. The molecular weight excluding hydrogens is 193 g/mol. The Kier molecular flexibility index (Phi) is 3.25. The highest BCUT2D eigenvalue weighted by molar-refractivity contribution is 6.17. The zero-order valence-electron chi connectivity index (χ0n) is 7.10. The summed E-state index contributed by atoms with van der Waals surface area (Å²) in [5, 5.41) is 2.48. The summed E-state index contributed by atoms with van der Waals surface area (Å²) in [7, 11) is 0. The number of halogens is 2. The lowest BCUT2D eigenvalue weighted by molar-refractivity contribution is -0.114. The maximum Gasteiger partial charge on any atom is 0.221 e. The molecule has 1 rings (SSSR count). The van der Waals surface area contributed by atoms with E-state index < -0.39 is 5.82 Å². The molecule has 0 saturated heterocycles. The molecule has 0 aliphatic carbocycles. The molecule has 1 amide bonds. The molecule has 0 fully saturated rings. The van der Waals surface area contributed by atoms with Gasteiger partial charge in [-0.25, -0.2) is 4.39 Å². The van der Waals surface area contributed by atoms with E-state index in [1.54, 1.807) is 6.07 Å². The van der Waals surface area contributed by atoms with Gasteiger partial charge in [0, 0.05) is 18.5 Å². The summed E-state index contributed by atoms with van der Waals surface area (Å²) in [6.07, 6.45) is 0. The molecule has 1 N–H and O–H groups in total. The Morgan fingerprint density at radius 3 is 2.77 bits per heavy atom. The van der Waals surface area contributed by atoms with E-state index in [9.17, 15) is 9.18 Å². The fourth-order valence-electron chi connectivity index (χ4n) is 1.00. The molecule has 0 heterocycles. The molecule has 4 heteroatoms. The van der Waals surface area contributed by atoms with Crippen molar-refractivity contribution in [2.45, 2.75) is 12.8 Å². The van der Waals surface area contributed by atoms with Crippen LogP contribution in [0.5, 0.6) is 0 Å². The Bertz CT molecular complexity index is 327. The molecule has 0 aliphatic heterocycles. The van der Waals surface area contributed by atoms with Crippen molar-refractivity contribution >= 4 is 23.2 Å². The molecule has 0 saturated carbocycles. The summed E-state index contributed by atoms with van der Waals surface area (Å²) >= 11 is 5.53. The second-order valence-electron chi connectivity index (χ2n) is 2.66. The van der Waals surface area contributed by atoms with Crippen molar-refractivity contribution < 1.29 is 9.18 Å². The van der Waals surface area contributed by atoms with Crippen molar-refractivity contribution in [1.82, 2.24) is 0 Å². The van der Waals surface area contributed by atoms with Crippen LogP contribution in [0.3, 0.4) is 0 Å². The third-order valence-corrected chi connectivity index (χ3v) is 1.74. The zero-order valence-corrected chi connectivity index (χ0v) is 7.86. The lowest BCUT2D eigenvalue weighted by Gasteiger charge is -2.03. The number of anilines is 1. The van der Waals surface area contributed by atoms with Gasteiger partial charge in [-0.3, -0.25) is 4.79 Å². The number of hydrogen-bond acceptors (Lipinski definition) is 1. The van der Waals surface area contributed by atoms with Crippen LogP contribution in [0.15, 0.2) is 18.2 Å². The molecule has 70 valence electrons. The van der Waals surface area contributed by atoms with Crippen molar-refractivity contribution in [3.8, 4) is 0 Å². The van der Waals surface area contributed by atoms with Crippen molar-refractivity contribution in [2.24, 2.45) is 0 Å². The molecule has 0 bridgehead atoms. The van der Waals surface area contributed by atoms with E-state index in [4.69, 9.17) is 11.6 Å². The first-order valence-electron chi connectivity index (χ1n) is 3.75. The number of carbonyl (C=O) groups excluding carboxylic acids is 1. The van der Waals surface area contributed by atoms with Gasteiger partial charge >= 0.3 is 0 Å². The minimum atomic E-state index is -0.401. The maximum absolute atomic E-state index is 12.9. The Hall–Kier alpha value is -1.09. The van der Waals surface area contributed by atoms with Gasteiger partial charge in [-0.15, -0.1) is 11.6 Å². The number of alkyl halides is 1. The topological polar surface area (TPSA) is 29.1 Å². The Morgan fingerprint density at radius 2 is 2.23 bits per heavy atom. The third kappa shape index (κ3) is 3.03. The van der Waals surface area contributed by atoms with Crippen LogP contribution in [0.2, 0.25) is 0 Å².